The molecule has 0 radical (unpaired) electrons. The molecule has 1 N–H and O–H groups in total. The quantitative estimate of drug-likeness (QED) is 0.664. The fourth-order valence-corrected chi connectivity index (χ4v) is 2.98. The van der Waals surface area contributed by atoms with Crippen LogP contribution in [0.1, 0.15) is 16.2 Å². The van der Waals surface area contributed by atoms with Gasteiger partial charge in [-0.25, -0.2) is 9.37 Å². The number of nitrogens with zero attached hydrogens (tertiary/aromatic N) is 2. The molecule has 29 heavy (non-hydrogen) atoms. The number of alkyl halides is 3. The molecule has 1 aromatic carbocycles. The lowest BCUT2D eigenvalue weighted by atomic mass is 10.1. The number of carbonyl (C=O) groups is 1. The Morgan fingerprint density at radius 1 is 1.10 bits per heavy atom. The van der Waals surface area contributed by atoms with Crippen LogP contribution in [-0.4, -0.2) is 40.0 Å². The first kappa shape index (κ1) is 19.0. The smallest absolute Gasteiger partial charge is 0.433 e. The number of ether oxygens (including phenoxy) is 1. The van der Waals surface area contributed by atoms with Crippen molar-refractivity contribution in [3.8, 4) is 17.0 Å². The topological polar surface area (TPSA) is 58.2 Å². The van der Waals surface area contributed by atoms with Gasteiger partial charge in [0.2, 0.25) is 5.88 Å². The van der Waals surface area contributed by atoms with Gasteiger partial charge in [-0.2, -0.15) is 13.2 Å². The molecule has 9 heteroatoms. The van der Waals surface area contributed by atoms with Crippen LogP contribution < -0.4 is 4.74 Å². The Kier molecular flexibility index (Phi) is 4.73. The fourth-order valence-electron chi connectivity index (χ4n) is 2.98. The predicted octanol–water partition coefficient (Wildman–Crippen LogP) is 4.14. The maximum absolute atomic E-state index is 13.0. The molecule has 1 fully saturated rings. The van der Waals surface area contributed by atoms with Crippen molar-refractivity contribution >= 4 is 5.91 Å². The summed E-state index contributed by atoms with van der Waals surface area (Å²) in [6.45, 7) is 0.476. The number of H-pyrrole nitrogens is 1. The highest BCUT2D eigenvalue weighted by Gasteiger charge is 2.35. The summed E-state index contributed by atoms with van der Waals surface area (Å²) in [6.07, 6.45) is -3.32. The molecule has 150 valence electrons. The number of hydrogen-bond donors (Lipinski definition) is 1. The molecule has 2 aromatic heterocycles. The van der Waals surface area contributed by atoms with E-state index >= 15 is 0 Å². The number of hydrogen-bond acceptors (Lipinski definition) is 3. The molecule has 3 aromatic rings. The number of likely N-dealkylation sites (tertiary alicyclic amines) is 1. The van der Waals surface area contributed by atoms with Gasteiger partial charge in [0.15, 0.2) is 0 Å². The Bertz CT molecular complexity index is 1020. The van der Waals surface area contributed by atoms with Gasteiger partial charge in [0.1, 0.15) is 23.3 Å². The van der Waals surface area contributed by atoms with Gasteiger partial charge in [-0.3, -0.25) is 4.79 Å². The van der Waals surface area contributed by atoms with Crippen molar-refractivity contribution in [1.82, 2.24) is 14.9 Å². The van der Waals surface area contributed by atoms with Gasteiger partial charge in [0.25, 0.3) is 5.91 Å². The third-order valence-corrected chi connectivity index (χ3v) is 4.53. The van der Waals surface area contributed by atoms with E-state index in [2.05, 4.69) is 9.97 Å². The molecule has 0 spiro atoms. The number of halogens is 4. The van der Waals surface area contributed by atoms with Gasteiger partial charge in [-0.05, 0) is 35.4 Å². The Labute approximate surface area is 162 Å². The number of rotatable bonds is 4. The third-order valence-electron chi connectivity index (χ3n) is 4.53. The molecule has 5 nitrogen and oxygen atoms in total. The second kappa shape index (κ2) is 7.23. The summed E-state index contributed by atoms with van der Waals surface area (Å²) in [5.41, 5.74) is 0.846. The first-order chi connectivity index (χ1) is 13.8. The van der Waals surface area contributed by atoms with E-state index in [0.717, 1.165) is 17.2 Å². The monoisotopic (exact) mass is 405 g/mol. The van der Waals surface area contributed by atoms with Crippen molar-refractivity contribution < 1.29 is 27.1 Å². The van der Waals surface area contributed by atoms with Gasteiger partial charge in [0.05, 0.1) is 13.1 Å². The lowest BCUT2D eigenvalue weighted by Gasteiger charge is -2.38. The van der Waals surface area contributed by atoms with E-state index in [1.807, 2.05) is 0 Å². The molecule has 0 aliphatic carbocycles. The molecule has 4 rings (SSSR count). The van der Waals surface area contributed by atoms with Crippen molar-refractivity contribution in [3.63, 3.8) is 0 Å². The third kappa shape index (κ3) is 4.08. The highest BCUT2D eigenvalue weighted by Crippen LogP contribution is 2.29. The zero-order valence-corrected chi connectivity index (χ0v) is 14.9. The summed E-state index contributed by atoms with van der Waals surface area (Å²) in [4.78, 5) is 20.4. The van der Waals surface area contributed by atoms with Crippen molar-refractivity contribution in [1.29, 1.82) is 0 Å². The van der Waals surface area contributed by atoms with E-state index < -0.39 is 18.0 Å². The number of amides is 1. The van der Waals surface area contributed by atoms with Gasteiger partial charge in [-0.1, -0.05) is 18.2 Å². The lowest BCUT2D eigenvalue weighted by Crippen LogP contribution is -2.56. The molecule has 3 heterocycles. The summed E-state index contributed by atoms with van der Waals surface area (Å²) < 4.78 is 56.6. The molecule has 0 bridgehead atoms. The second-order valence-corrected chi connectivity index (χ2v) is 6.62. The van der Waals surface area contributed by atoms with Gasteiger partial charge in [0, 0.05) is 12.3 Å². The molecular formula is C20H15F4N3O2. The number of aromatic nitrogens is 2. The highest BCUT2D eigenvalue weighted by molar-refractivity contribution is 5.94. The van der Waals surface area contributed by atoms with Crippen molar-refractivity contribution in [3.05, 3.63) is 71.9 Å². The lowest BCUT2D eigenvalue weighted by molar-refractivity contribution is -0.141. The Morgan fingerprint density at radius 2 is 1.83 bits per heavy atom. The average molecular weight is 405 g/mol. The Morgan fingerprint density at radius 3 is 2.52 bits per heavy atom. The summed E-state index contributed by atoms with van der Waals surface area (Å²) in [5.74, 6) is -0.729. The molecule has 0 atom stereocenters. The summed E-state index contributed by atoms with van der Waals surface area (Å²) in [6, 6.07) is 11.0. The predicted molar refractivity (Wildman–Crippen MR) is 95.7 cm³/mol. The maximum atomic E-state index is 13.0. The van der Waals surface area contributed by atoms with Crippen LogP contribution in [0.25, 0.3) is 11.1 Å². The largest absolute Gasteiger partial charge is 0.471 e. The second-order valence-electron chi connectivity index (χ2n) is 6.62. The van der Waals surface area contributed by atoms with E-state index in [4.69, 9.17) is 4.74 Å². The van der Waals surface area contributed by atoms with Crippen LogP contribution in [0.15, 0.2) is 54.7 Å². The van der Waals surface area contributed by atoms with Crippen LogP contribution in [0.3, 0.4) is 0 Å². The average Bonchev–Trinajstić information content (AvgIpc) is 3.14. The number of carbonyl (C=O) groups excluding carboxylic acids is 1. The summed E-state index contributed by atoms with van der Waals surface area (Å²) in [5, 5.41) is 0. The van der Waals surface area contributed by atoms with E-state index in [-0.39, 0.29) is 30.7 Å². The standard InChI is InChI=1S/C20H15F4N3O2/c21-14-6-4-12(5-7-14)13-8-16(25-9-13)19(28)27-10-15(11-27)29-18-3-1-2-17(26-18)20(22,23)24/h1-9,15,25H,10-11H2. The SMILES string of the molecule is O=C(c1cc(-c2ccc(F)cc2)c[nH]1)N1CC(Oc2cccc(C(F)(F)F)n2)C1. The minimum atomic E-state index is -4.54. The van der Waals surface area contributed by atoms with Crippen LogP contribution in [-0.2, 0) is 6.18 Å². The van der Waals surface area contributed by atoms with E-state index in [9.17, 15) is 22.4 Å². The molecule has 1 amide bonds. The fraction of sp³-hybridized carbons (Fsp3) is 0.200. The minimum Gasteiger partial charge on any atom is -0.471 e. The van der Waals surface area contributed by atoms with Crippen molar-refractivity contribution in [2.24, 2.45) is 0 Å². The van der Waals surface area contributed by atoms with Crippen LogP contribution in [0.4, 0.5) is 17.6 Å². The van der Waals surface area contributed by atoms with Crippen LogP contribution in [0.5, 0.6) is 5.88 Å². The zero-order chi connectivity index (χ0) is 20.6. The molecule has 1 saturated heterocycles. The van der Waals surface area contributed by atoms with Crippen LogP contribution >= 0.6 is 0 Å². The van der Waals surface area contributed by atoms with Gasteiger partial charge in [-0.15, -0.1) is 0 Å². The highest BCUT2D eigenvalue weighted by atomic mass is 19.4. The number of pyridine rings is 1. The summed E-state index contributed by atoms with van der Waals surface area (Å²) >= 11 is 0. The van der Waals surface area contributed by atoms with E-state index in [1.54, 1.807) is 24.4 Å². The summed E-state index contributed by atoms with van der Waals surface area (Å²) in [7, 11) is 0. The maximum Gasteiger partial charge on any atom is 0.433 e. The number of aromatic amines is 1. The Hall–Kier alpha value is -3.36. The van der Waals surface area contributed by atoms with E-state index in [0.29, 0.717) is 5.69 Å². The first-order valence-corrected chi connectivity index (χ1v) is 8.74. The van der Waals surface area contributed by atoms with Crippen molar-refractivity contribution in [2.75, 3.05) is 13.1 Å². The number of benzene rings is 1. The van der Waals surface area contributed by atoms with E-state index in [1.165, 1.54) is 29.2 Å². The number of nitrogens with one attached hydrogen (secondary N) is 1. The zero-order valence-electron chi connectivity index (χ0n) is 14.9. The van der Waals surface area contributed by atoms with Gasteiger partial charge < -0.3 is 14.6 Å². The van der Waals surface area contributed by atoms with Crippen molar-refractivity contribution in [2.45, 2.75) is 12.3 Å². The van der Waals surface area contributed by atoms with Gasteiger partial charge >= 0.3 is 6.18 Å². The van der Waals surface area contributed by atoms with Crippen LogP contribution in [0.2, 0.25) is 0 Å². The Balaban J connectivity index is 1.36. The molecular weight excluding hydrogens is 390 g/mol. The first-order valence-electron chi connectivity index (χ1n) is 8.74. The molecule has 1 aliphatic rings. The normalized spacial score (nSPS) is 14.6. The molecule has 1 aliphatic heterocycles. The molecule has 0 saturated carbocycles. The molecule has 0 unspecified atom stereocenters. The minimum absolute atomic E-state index is 0.129. The van der Waals surface area contributed by atoms with Crippen LogP contribution in [0, 0.1) is 5.82 Å².